The van der Waals surface area contributed by atoms with Crippen molar-refractivity contribution in [2.75, 3.05) is 11.1 Å². The molecule has 0 unspecified atom stereocenters. The maximum absolute atomic E-state index is 11.0. The van der Waals surface area contributed by atoms with E-state index in [1.165, 1.54) is 0 Å². The number of hydrogen-bond acceptors (Lipinski definition) is 5. The molecule has 12 heavy (non-hydrogen) atoms. The molecule has 0 saturated heterocycles. The Hall–Kier alpha value is -1.59. The van der Waals surface area contributed by atoms with Gasteiger partial charge in [0.15, 0.2) is 0 Å². The van der Waals surface area contributed by atoms with Gasteiger partial charge in [0, 0.05) is 11.7 Å². The molecule has 0 aromatic carbocycles. The lowest BCUT2D eigenvalue weighted by molar-refractivity contribution is -0.116. The molecular formula is C6H10N4O2. The summed E-state index contributed by atoms with van der Waals surface area (Å²) in [6.45, 7) is 1.91. The van der Waals surface area contributed by atoms with Crippen LogP contribution in [0.3, 0.4) is 0 Å². The Balaban J connectivity index is 2.52. The minimum absolute atomic E-state index is 0.0273. The molecule has 0 aliphatic carbocycles. The average Bonchev–Trinajstić information content (AvgIpc) is 2.37. The zero-order valence-corrected chi connectivity index (χ0v) is 6.70. The Morgan fingerprint density at radius 3 is 3.00 bits per heavy atom. The van der Waals surface area contributed by atoms with Gasteiger partial charge in [0.25, 0.3) is 5.88 Å². The number of amides is 1. The zero-order valence-electron chi connectivity index (χ0n) is 6.70. The standard InChI is InChI=1S/C6H10N4O2/c1-2-3-4(11)8-6-5(7)12-10-9-6/h2-3,7H2,1H3,(H,8,11). The van der Waals surface area contributed by atoms with Crippen LogP contribution in [0.15, 0.2) is 4.52 Å². The number of aromatic nitrogens is 2. The molecule has 6 nitrogen and oxygen atoms in total. The number of carbonyl (C=O) groups excluding carboxylic acids is 1. The summed E-state index contributed by atoms with van der Waals surface area (Å²) >= 11 is 0. The molecule has 0 aliphatic heterocycles. The summed E-state index contributed by atoms with van der Waals surface area (Å²) in [6, 6.07) is 0. The largest absolute Gasteiger partial charge is 0.364 e. The van der Waals surface area contributed by atoms with Gasteiger partial charge in [-0.2, -0.15) is 0 Å². The lowest BCUT2D eigenvalue weighted by Gasteiger charge is -1.97. The van der Waals surface area contributed by atoms with Gasteiger partial charge in [-0.1, -0.05) is 12.0 Å². The van der Waals surface area contributed by atoms with E-state index in [1.54, 1.807) is 0 Å². The van der Waals surface area contributed by atoms with Crippen molar-refractivity contribution in [3.63, 3.8) is 0 Å². The third-order valence-electron chi connectivity index (χ3n) is 1.25. The van der Waals surface area contributed by atoms with E-state index in [1.807, 2.05) is 6.92 Å². The third-order valence-corrected chi connectivity index (χ3v) is 1.25. The molecule has 3 N–H and O–H groups in total. The van der Waals surface area contributed by atoms with Crippen molar-refractivity contribution in [3.05, 3.63) is 0 Å². The number of nitrogens with one attached hydrogen (secondary N) is 1. The van der Waals surface area contributed by atoms with Crippen molar-refractivity contribution in [3.8, 4) is 0 Å². The smallest absolute Gasteiger partial charge is 0.267 e. The molecule has 0 aliphatic rings. The molecule has 1 aromatic rings. The zero-order chi connectivity index (χ0) is 8.97. The van der Waals surface area contributed by atoms with Crippen LogP contribution in [0.25, 0.3) is 0 Å². The van der Waals surface area contributed by atoms with Crippen molar-refractivity contribution in [2.24, 2.45) is 0 Å². The number of nitrogens with zero attached hydrogens (tertiary/aromatic N) is 2. The number of hydrogen-bond donors (Lipinski definition) is 2. The van der Waals surface area contributed by atoms with Crippen molar-refractivity contribution >= 4 is 17.6 Å². The summed E-state index contributed by atoms with van der Waals surface area (Å²) in [7, 11) is 0. The van der Waals surface area contributed by atoms with Crippen LogP contribution in [0.2, 0.25) is 0 Å². The first kappa shape index (κ1) is 8.51. The molecule has 66 valence electrons. The first-order chi connectivity index (χ1) is 5.74. The summed E-state index contributed by atoms with van der Waals surface area (Å²) < 4.78 is 4.45. The van der Waals surface area contributed by atoms with E-state index >= 15 is 0 Å². The Morgan fingerprint density at radius 1 is 1.75 bits per heavy atom. The van der Waals surface area contributed by atoms with Crippen LogP contribution >= 0.6 is 0 Å². The Kier molecular flexibility index (Phi) is 2.62. The van der Waals surface area contributed by atoms with Gasteiger partial charge in [-0.15, -0.1) is 0 Å². The molecular weight excluding hydrogens is 160 g/mol. The Bertz CT molecular complexity index is 270. The van der Waals surface area contributed by atoms with Gasteiger partial charge in [-0.3, -0.25) is 4.79 Å². The predicted molar refractivity (Wildman–Crippen MR) is 42.2 cm³/mol. The molecule has 0 fully saturated rings. The maximum Gasteiger partial charge on any atom is 0.267 e. The van der Waals surface area contributed by atoms with Crippen LogP contribution in [0, 0.1) is 0 Å². The second kappa shape index (κ2) is 3.70. The highest BCUT2D eigenvalue weighted by molar-refractivity contribution is 5.91. The maximum atomic E-state index is 11.0. The highest BCUT2D eigenvalue weighted by atomic mass is 16.5. The van der Waals surface area contributed by atoms with Crippen LogP contribution in [-0.2, 0) is 4.79 Å². The van der Waals surface area contributed by atoms with Gasteiger partial charge in [0.05, 0.1) is 0 Å². The van der Waals surface area contributed by atoms with Crippen molar-refractivity contribution in [1.82, 2.24) is 10.4 Å². The highest BCUT2D eigenvalue weighted by Crippen LogP contribution is 2.12. The molecule has 1 rings (SSSR count). The molecule has 0 spiro atoms. The van der Waals surface area contributed by atoms with Gasteiger partial charge in [0.2, 0.25) is 11.7 Å². The molecule has 0 atom stereocenters. The fourth-order valence-electron chi connectivity index (χ4n) is 0.706. The van der Waals surface area contributed by atoms with Crippen LogP contribution in [0.5, 0.6) is 0 Å². The normalized spacial score (nSPS) is 9.75. The summed E-state index contributed by atoms with van der Waals surface area (Å²) in [5.41, 5.74) is 5.28. The van der Waals surface area contributed by atoms with E-state index in [2.05, 4.69) is 20.2 Å². The minimum atomic E-state index is -0.139. The van der Waals surface area contributed by atoms with E-state index in [0.717, 1.165) is 6.42 Å². The van der Waals surface area contributed by atoms with E-state index in [0.29, 0.717) is 6.42 Å². The quantitative estimate of drug-likeness (QED) is 0.684. The van der Waals surface area contributed by atoms with Crippen LogP contribution in [-0.4, -0.2) is 16.3 Å². The summed E-state index contributed by atoms with van der Waals surface area (Å²) in [4.78, 5) is 11.0. The first-order valence-corrected chi connectivity index (χ1v) is 3.61. The molecule has 0 bridgehead atoms. The van der Waals surface area contributed by atoms with Crippen LogP contribution < -0.4 is 11.1 Å². The number of nitrogen functional groups attached to an aromatic ring is 1. The Morgan fingerprint density at radius 2 is 2.50 bits per heavy atom. The highest BCUT2D eigenvalue weighted by Gasteiger charge is 2.08. The molecule has 1 aromatic heterocycles. The molecule has 1 amide bonds. The van der Waals surface area contributed by atoms with Gasteiger partial charge in [-0.05, 0) is 6.42 Å². The second-order valence-electron chi connectivity index (χ2n) is 2.28. The molecule has 1 heterocycles. The summed E-state index contributed by atoms with van der Waals surface area (Å²) in [6.07, 6.45) is 1.21. The third kappa shape index (κ3) is 1.94. The van der Waals surface area contributed by atoms with Crippen molar-refractivity contribution in [1.29, 1.82) is 0 Å². The Labute approximate surface area is 69.1 Å². The number of anilines is 2. The van der Waals surface area contributed by atoms with E-state index in [4.69, 9.17) is 5.73 Å². The predicted octanol–water partition coefficient (Wildman–Crippen LogP) is 0.390. The second-order valence-corrected chi connectivity index (χ2v) is 2.28. The lowest BCUT2D eigenvalue weighted by atomic mass is 10.3. The average molecular weight is 170 g/mol. The number of nitrogens with two attached hydrogens (primary N) is 1. The van der Waals surface area contributed by atoms with Gasteiger partial charge >= 0.3 is 0 Å². The molecule has 6 heteroatoms. The van der Waals surface area contributed by atoms with E-state index in [-0.39, 0.29) is 17.6 Å². The first-order valence-electron chi connectivity index (χ1n) is 3.61. The van der Waals surface area contributed by atoms with Gasteiger partial charge < -0.3 is 15.6 Å². The van der Waals surface area contributed by atoms with E-state index < -0.39 is 0 Å². The van der Waals surface area contributed by atoms with Crippen LogP contribution in [0.1, 0.15) is 19.8 Å². The fourth-order valence-corrected chi connectivity index (χ4v) is 0.706. The monoisotopic (exact) mass is 170 g/mol. The van der Waals surface area contributed by atoms with Crippen molar-refractivity contribution in [2.45, 2.75) is 19.8 Å². The number of carbonyl (C=O) groups is 1. The summed E-state index contributed by atoms with van der Waals surface area (Å²) in [5.74, 6) is 0.0767. The van der Waals surface area contributed by atoms with Crippen molar-refractivity contribution < 1.29 is 9.32 Å². The fraction of sp³-hybridized carbons (Fsp3) is 0.500. The number of rotatable bonds is 3. The van der Waals surface area contributed by atoms with Crippen LogP contribution in [0.4, 0.5) is 11.7 Å². The molecule has 0 saturated carbocycles. The molecule has 0 radical (unpaired) electrons. The van der Waals surface area contributed by atoms with Gasteiger partial charge in [0.1, 0.15) is 0 Å². The van der Waals surface area contributed by atoms with E-state index in [9.17, 15) is 4.79 Å². The summed E-state index contributed by atoms with van der Waals surface area (Å²) in [5, 5.41) is 9.09. The topological polar surface area (TPSA) is 94.0 Å². The minimum Gasteiger partial charge on any atom is -0.364 e. The van der Waals surface area contributed by atoms with Gasteiger partial charge in [-0.25, -0.2) is 0 Å². The lowest BCUT2D eigenvalue weighted by Crippen LogP contribution is -2.11. The SMILES string of the molecule is CCCC(=O)Nc1nnoc1N.